The maximum absolute atomic E-state index is 13.0. The summed E-state index contributed by atoms with van der Waals surface area (Å²) in [5.41, 5.74) is 3.42. The van der Waals surface area contributed by atoms with Gasteiger partial charge in [-0.1, -0.05) is 31.2 Å². The Labute approximate surface area is 162 Å². The van der Waals surface area contributed by atoms with Gasteiger partial charge in [-0.05, 0) is 60.9 Å². The largest absolute Gasteiger partial charge is 0.321 e. The molecule has 0 bridgehead atoms. The lowest BCUT2D eigenvalue weighted by Gasteiger charge is -2.13. The molecule has 2 amide bonds. The fourth-order valence-electron chi connectivity index (χ4n) is 2.80. The number of aryl methyl sites for hydroxylation is 2. The van der Waals surface area contributed by atoms with E-state index in [1.54, 1.807) is 12.1 Å². The first-order chi connectivity index (χ1) is 13.5. The Morgan fingerprint density at radius 3 is 2.14 bits per heavy atom. The summed E-state index contributed by atoms with van der Waals surface area (Å²) in [7, 11) is 0. The lowest BCUT2D eigenvalue weighted by molar-refractivity contribution is 0.101. The average Bonchev–Trinajstić information content (AvgIpc) is 2.71. The Kier molecular flexibility index (Phi) is 5.79. The van der Waals surface area contributed by atoms with Crippen LogP contribution in [0.25, 0.3) is 0 Å². The van der Waals surface area contributed by atoms with Crippen LogP contribution in [0.15, 0.2) is 60.7 Å². The molecule has 0 radical (unpaired) electrons. The zero-order chi connectivity index (χ0) is 20.1. The molecule has 0 aliphatic carbocycles. The van der Waals surface area contributed by atoms with Gasteiger partial charge in [0.2, 0.25) is 0 Å². The van der Waals surface area contributed by atoms with Gasteiger partial charge in [-0.3, -0.25) is 9.59 Å². The molecule has 0 spiro atoms. The molecule has 0 saturated heterocycles. The Morgan fingerprint density at radius 1 is 0.893 bits per heavy atom. The highest BCUT2D eigenvalue weighted by Crippen LogP contribution is 2.21. The highest BCUT2D eigenvalue weighted by molar-refractivity contribution is 6.06. The fourth-order valence-corrected chi connectivity index (χ4v) is 2.80. The van der Waals surface area contributed by atoms with Gasteiger partial charge in [0.15, 0.2) is 0 Å². The third-order valence-corrected chi connectivity index (χ3v) is 4.29. The number of halogens is 1. The molecule has 1 heterocycles. The number of nitrogens with zero attached hydrogens (tertiary/aromatic N) is 1. The van der Waals surface area contributed by atoms with Crippen molar-refractivity contribution in [2.24, 2.45) is 0 Å². The van der Waals surface area contributed by atoms with Gasteiger partial charge in [0.25, 0.3) is 11.8 Å². The van der Waals surface area contributed by atoms with Gasteiger partial charge < -0.3 is 10.6 Å². The van der Waals surface area contributed by atoms with Crippen LogP contribution in [-0.2, 0) is 6.42 Å². The molecule has 0 fully saturated rings. The number of anilines is 2. The monoisotopic (exact) mass is 377 g/mol. The predicted octanol–water partition coefficient (Wildman–Crippen LogP) is 4.60. The number of carbonyl (C=O) groups excluding carboxylic acids is 2. The number of amides is 2. The van der Waals surface area contributed by atoms with Gasteiger partial charge in [-0.15, -0.1) is 0 Å². The predicted molar refractivity (Wildman–Crippen MR) is 107 cm³/mol. The molecule has 0 atom stereocenters. The van der Waals surface area contributed by atoms with Crippen molar-refractivity contribution in [3.05, 3.63) is 89.0 Å². The summed E-state index contributed by atoms with van der Waals surface area (Å²) in [5, 5.41) is 5.52. The molecule has 2 aromatic carbocycles. The van der Waals surface area contributed by atoms with Gasteiger partial charge in [0.1, 0.15) is 17.2 Å². The van der Waals surface area contributed by atoms with E-state index in [1.165, 1.54) is 30.3 Å². The SMILES string of the molecule is CCc1cccc(C)c1NC(=O)c1cccc(C(=O)Nc2ccc(F)cc2)n1. The molecule has 3 aromatic rings. The van der Waals surface area contributed by atoms with Crippen LogP contribution in [0.2, 0.25) is 0 Å². The summed E-state index contributed by atoms with van der Waals surface area (Å²) in [6, 6.07) is 15.9. The van der Waals surface area contributed by atoms with E-state index in [9.17, 15) is 14.0 Å². The number of pyridine rings is 1. The van der Waals surface area contributed by atoms with Crippen LogP contribution in [0.1, 0.15) is 39.0 Å². The van der Waals surface area contributed by atoms with Crippen molar-refractivity contribution in [1.82, 2.24) is 4.98 Å². The van der Waals surface area contributed by atoms with Crippen LogP contribution >= 0.6 is 0 Å². The number of hydrogen-bond acceptors (Lipinski definition) is 3. The maximum atomic E-state index is 13.0. The van der Waals surface area contributed by atoms with Crippen molar-refractivity contribution in [2.45, 2.75) is 20.3 Å². The van der Waals surface area contributed by atoms with Crippen LogP contribution in [0.3, 0.4) is 0 Å². The van der Waals surface area contributed by atoms with E-state index in [0.29, 0.717) is 5.69 Å². The van der Waals surface area contributed by atoms with Crippen LogP contribution in [0.4, 0.5) is 15.8 Å². The molecule has 6 heteroatoms. The molecular weight excluding hydrogens is 357 g/mol. The van der Waals surface area contributed by atoms with E-state index in [1.807, 2.05) is 32.0 Å². The zero-order valence-corrected chi connectivity index (χ0v) is 15.6. The van der Waals surface area contributed by atoms with E-state index in [0.717, 1.165) is 23.2 Å². The number of benzene rings is 2. The summed E-state index contributed by atoms with van der Waals surface area (Å²) in [6.07, 6.45) is 0.783. The average molecular weight is 377 g/mol. The Bertz CT molecular complexity index is 1020. The highest BCUT2D eigenvalue weighted by Gasteiger charge is 2.15. The summed E-state index contributed by atoms with van der Waals surface area (Å²) in [6.45, 7) is 3.94. The molecule has 0 aliphatic heterocycles. The number of aromatic nitrogens is 1. The van der Waals surface area contributed by atoms with Gasteiger partial charge in [0, 0.05) is 11.4 Å². The van der Waals surface area contributed by atoms with Crippen LogP contribution in [0, 0.1) is 12.7 Å². The van der Waals surface area contributed by atoms with Crippen LogP contribution in [-0.4, -0.2) is 16.8 Å². The lowest BCUT2D eigenvalue weighted by Crippen LogP contribution is -2.19. The molecule has 142 valence electrons. The minimum absolute atomic E-state index is 0.0949. The van der Waals surface area contributed by atoms with E-state index < -0.39 is 11.7 Å². The molecule has 3 rings (SSSR count). The van der Waals surface area contributed by atoms with Crippen molar-refractivity contribution >= 4 is 23.2 Å². The van der Waals surface area contributed by atoms with Crippen molar-refractivity contribution in [2.75, 3.05) is 10.6 Å². The number of nitrogens with one attached hydrogen (secondary N) is 2. The number of para-hydroxylation sites is 1. The minimum Gasteiger partial charge on any atom is -0.321 e. The number of hydrogen-bond donors (Lipinski definition) is 2. The first-order valence-corrected chi connectivity index (χ1v) is 8.91. The van der Waals surface area contributed by atoms with Crippen molar-refractivity contribution in [3.63, 3.8) is 0 Å². The molecule has 1 aromatic heterocycles. The molecule has 28 heavy (non-hydrogen) atoms. The second-order valence-corrected chi connectivity index (χ2v) is 6.29. The lowest BCUT2D eigenvalue weighted by atomic mass is 10.1. The van der Waals surface area contributed by atoms with Crippen molar-refractivity contribution in [3.8, 4) is 0 Å². The summed E-state index contributed by atoms with van der Waals surface area (Å²) in [4.78, 5) is 29.2. The Hall–Kier alpha value is -3.54. The number of rotatable bonds is 5. The fraction of sp³-hybridized carbons (Fsp3) is 0.136. The highest BCUT2D eigenvalue weighted by atomic mass is 19.1. The first kappa shape index (κ1) is 19.2. The summed E-state index contributed by atoms with van der Waals surface area (Å²) >= 11 is 0. The van der Waals surface area contributed by atoms with E-state index in [2.05, 4.69) is 15.6 Å². The second kappa shape index (κ2) is 8.43. The van der Waals surface area contributed by atoms with Gasteiger partial charge in [0.05, 0.1) is 0 Å². The van der Waals surface area contributed by atoms with Crippen LogP contribution < -0.4 is 10.6 Å². The zero-order valence-electron chi connectivity index (χ0n) is 15.6. The Balaban J connectivity index is 1.78. The third kappa shape index (κ3) is 4.40. The topological polar surface area (TPSA) is 71.1 Å². The van der Waals surface area contributed by atoms with Gasteiger partial charge >= 0.3 is 0 Å². The molecule has 0 saturated carbocycles. The van der Waals surface area contributed by atoms with Crippen molar-refractivity contribution in [1.29, 1.82) is 0 Å². The van der Waals surface area contributed by atoms with Gasteiger partial charge in [-0.2, -0.15) is 0 Å². The van der Waals surface area contributed by atoms with E-state index >= 15 is 0 Å². The van der Waals surface area contributed by atoms with Crippen LogP contribution in [0.5, 0.6) is 0 Å². The minimum atomic E-state index is -0.480. The normalized spacial score (nSPS) is 10.4. The maximum Gasteiger partial charge on any atom is 0.274 e. The van der Waals surface area contributed by atoms with Crippen molar-refractivity contribution < 1.29 is 14.0 Å². The molecule has 0 aliphatic rings. The standard InChI is InChI=1S/C22H20FN3O2/c1-3-15-7-4-6-14(2)20(15)26-22(28)19-9-5-8-18(25-19)21(27)24-17-12-10-16(23)11-13-17/h4-13H,3H2,1-2H3,(H,24,27)(H,26,28). The first-order valence-electron chi connectivity index (χ1n) is 8.91. The van der Waals surface area contributed by atoms with E-state index in [4.69, 9.17) is 0 Å². The molecule has 2 N–H and O–H groups in total. The summed E-state index contributed by atoms with van der Waals surface area (Å²) in [5.74, 6) is -1.26. The van der Waals surface area contributed by atoms with E-state index in [-0.39, 0.29) is 17.3 Å². The molecular formula is C22H20FN3O2. The smallest absolute Gasteiger partial charge is 0.274 e. The molecule has 5 nitrogen and oxygen atoms in total. The molecule has 0 unspecified atom stereocenters. The van der Waals surface area contributed by atoms with Gasteiger partial charge in [-0.25, -0.2) is 9.37 Å². The Morgan fingerprint density at radius 2 is 1.50 bits per heavy atom. The summed E-state index contributed by atoms with van der Waals surface area (Å²) < 4.78 is 13.0. The third-order valence-electron chi connectivity index (χ3n) is 4.29. The quantitative estimate of drug-likeness (QED) is 0.683. The number of carbonyl (C=O) groups is 2. The second-order valence-electron chi connectivity index (χ2n) is 6.29.